The molecule has 0 radical (unpaired) electrons. The summed E-state index contributed by atoms with van der Waals surface area (Å²) in [4.78, 5) is 10.1. The second-order valence-corrected chi connectivity index (χ2v) is 3.41. The van der Waals surface area contributed by atoms with Gasteiger partial charge in [0.2, 0.25) is 0 Å². The van der Waals surface area contributed by atoms with Crippen LogP contribution in [0.25, 0.3) is 0 Å². The molecule has 1 rings (SSSR count). The minimum atomic E-state index is -4.61. The molecular weight excluding hydrogens is 185 g/mol. The second kappa shape index (κ2) is 3.29. The molecule has 0 aromatic carbocycles. The smallest absolute Gasteiger partial charge is 0.380 e. The standard InChI is InChI=1S/C8H11F3O2/c9-8(10,11)7(13)4-1-2-6(7)3-5-12/h5-6,13H,1-4H2. The van der Waals surface area contributed by atoms with Crippen LogP contribution in [-0.4, -0.2) is 23.2 Å². The van der Waals surface area contributed by atoms with Gasteiger partial charge in [0, 0.05) is 12.3 Å². The van der Waals surface area contributed by atoms with Gasteiger partial charge in [-0.25, -0.2) is 0 Å². The average molecular weight is 196 g/mol. The lowest BCUT2D eigenvalue weighted by atomic mass is 9.88. The summed E-state index contributed by atoms with van der Waals surface area (Å²) < 4.78 is 37.1. The molecule has 5 heteroatoms. The number of carbonyl (C=O) groups excluding carboxylic acids is 1. The Labute approximate surface area is 73.7 Å². The molecule has 1 aliphatic carbocycles. The zero-order valence-corrected chi connectivity index (χ0v) is 6.97. The highest BCUT2D eigenvalue weighted by Gasteiger charge is 2.59. The van der Waals surface area contributed by atoms with Crippen molar-refractivity contribution in [2.75, 3.05) is 0 Å². The monoisotopic (exact) mass is 196 g/mol. The highest BCUT2D eigenvalue weighted by atomic mass is 19.4. The van der Waals surface area contributed by atoms with Crippen molar-refractivity contribution in [2.45, 2.75) is 37.5 Å². The fraction of sp³-hybridized carbons (Fsp3) is 0.875. The van der Waals surface area contributed by atoms with Crippen molar-refractivity contribution in [3.63, 3.8) is 0 Å². The first-order valence-corrected chi connectivity index (χ1v) is 4.14. The molecule has 0 aromatic heterocycles. The quantitative estimate of drug-likeness (QED) is 0.682. The van der Waals surface area contributed by atoms with Gasteiger partial charge in [0.1, 0.15) is 6.29 Å². The van der Waals surface area contributed by atoms with E-state index in [1.807, 2.05) is 0 Å². The first-order chi connectivity index (χ1) is 5.92. The van der Waals surface area contributed by atoms with Crippen LogP contribution in [0.5, 0.6) is 0 Å². The van der Waals surface area contributed by atoms with Crippen molar-refractivity contribution in [1.82, 2.24) is 0 Å². The van der Waals surface area contributed by atoms with Crippen LogP contribution in [0.2, 0.25) is 0 Å². The molecule has 13 heavy (non-hydrogen) atoms. The van der Waals surface area contributed by atoms with Gasteiger partial charge in [-0.1, -0.05) is 0 Å². The van der Waals surface area contributed by atoms with Crippen molar-refractivity contribution in [3.8, 4) is 0 Å². The van der Waals surface area contributed by atoms with E-state index in [1.54, 1.807) is 0 Å². The van der Waals surface area contributed by atoms with Crippen LogP contribution >= 0.6 is 0 Å². The van der Waals surface area contributed by atoms with Crippen LogP contribution in [0.3, 0.4) is 0 Å². The molecule has 0 saturated heterocycles. The molecular formula is C8H11F3O2. The number of carbonyl (C=O) groups is 1. The molecule has 0 aromatic rings. The van der Waals surface area contributed by atoms with E-state index in [9.17, 15) is 23.1 Å². The summed E-state index contributed by atoms with van der Waals surface area (Å²) >= 11 is 0. The van der Waals surface area contributed by atoms with Gasteiger partial charge in [-0.05, 0) is 19.3 Å². The average Bonchev–Trinajstić information content (AvgIpc) is 2.33. The minimum Gasteiger partial charge on any atom is -0.380 e. The highest BCUT2D eigenvalue weighted by Crippen LogP contribution is 2.47. The number of hydrogen-bond acceptors (Lipinski definition) is 2. The first-order valence-electron chi connectivity index (χ1n) is 4.14. The number of halogens is 3. The lowest BCUT2D eigenvalue weighted by Crippen LogP contribution is -2.48. The van der Waals surface area contributed by atoms with Crippen molar-refractivity contribution in [3.05, 3.63) is 0 Å². The summed E-state index contributed by atoms with van der Waals surface area (Å²) in [5.74, 6) is -0.954. The molecule has 1 fully saturated rings. The number of hydrogen-bond donors (Lipinski definition) is 1. The Balaban J connectivity index is 2.81. The number of aliphatic hydroxyl groups is 1. The Bertz CT molecular complexity index is 202. The second-order valence-electron chi connectivity index (χ2n) is 3.41. The van der Waals surface area contributed by atoms with Gasteiger partial charge in [0.15, 0.2) is 5.60 Å². The van der Waals surface area contributed by atoms with E-state index in [-0.39, 0.29) is 19.3 Å². The predicted octanol–water partition coefficient (Wildman–Crippen LogP) is 1.67. The molecule has 0 spiro atoms. The normalized spacial score (nSPS) is 34.9. The van der Waals surface area contributed by atoms with Crippen LogP contribution in [-0.2, 0) is 4.79 Å². The van der Waals surface area contributed by atoms with Gasteiger partial charge in [-0.15, -0.1) is 0 Å². The Kier molecular flexibility index (Phi) is 2.66. The third-order valence-electron chi connectivity index (χ3n) is 2.66. The van der Waals surface area contributed by atoms with Crippen LogP contribution in [0, 0.1) is 5.92 Å². The van der Waals surface area contributed by atoms with Gasteiger partial charge in [0.05, 0.1) is 0 Å². The molecule has 2 nitrogen and oxygen atoms in total. The summed E-state index contributed by atoms with van der Waals surface area (Å²) in [5, 5.41) is 9.33. The summed E-state index contributed by atoms with van der Waals surface area (Å²) in [6.45, 7) is 0. The maximum atomic E-state index is 12.4. The molecule has 1 saturated carbocycles. The van der Waals surface area contributed by atoms with Gasteiger partial charge < -0.3 is 9.90 Å². The third-order valence-corrected chi connectivity index (χ3v) is 2.66. The van der Waals surface area contributed by atoms with Crippen molar-refractivity contribution >= 4 is 6.29 Å². The Morgan fingerprint density at radius 3 is 2.62 bits per heavy atom. The zero-order chi connectivity index (χ0) is 10.1. The SMILES string of the molecule is O=CCC1CCCC1(O)C(F)(F)F. The van der Waals surface area contributed by atoms with Crippen LogP contribution in [0.15, 0.2) is 0 Å². The zero-order valence-electron chi connectivity index (χ0n) is 6.97. The molecule has 1 N–H and O–H groups in total. The molecule has 2 unspecified atom stereocenters. The Morgan fingerprint density at radius 2 is 2.15 bits per heavy atom. The van der Waals surface area contributed by atoms with E-state index >= 15 is 0 Å². The summed E-state index contributed by atoms with van der Waals surface area (Å²) in [6, 6.07) is 0. The number of rotatable bonds is 2. The van der Waals surface area contributed by atoms with E-state index in [0.717, 1.165) is 0 Å². The molecule has 2 atom stereocenters. The van der Waals surface area contributed by atoms with E-state index in [0.29, 0.717) is 12.7 Å². The fourth-order valence-corrected chi connectivity index (χ4v) is 1.86. The predicted molar refractivity (Wildman–Crippen MR) is 39.0 cm³/mol. The largest absolute Gasteiger partial charge is 0.417 e. The Hall–Kier alpha value is -0.580. The van der Waals surface area contributed by atoms with E-state index in [1.165, 1.54) is 0 Å². The first kappa shape index (κ1) is 10.5. The van der Waals surface area contributed by atoms with E-state index in [2.05, 4.69) is 0 Å². The molecule has 1 aliphatic rings. The summed E-state index contributed by atoms with van der Waals surface area (Å²) in [7, 11) is 0. The van der Waals surface area contributed by atoms with Crippen molar-refractivity contribution in [1.29, 1.82) is 0 Å². The van der Waals surface area contributed by atoms with Crippen LogP contribution in [0.4, 0.5) is 13.2 Å². The molecule has 0 heterocycles. The lowest BCUT2D eigenvalue weighted by molar-refractivity contribution is -0.272. The third kappa shape index (κ3) is 1.70. The fourth-order valence-electron chi connectivity index (χ4n) is 1.86. The topological polar surface area (TPSA) is 37.3 Å². The summed E-state index contributed by atoms with van der Waals surface area (Å²) in [5.41, 5.74) is -2.63. The van der Waals surface area contributed by atoms with E-state index < -0.39 is 17.7 Å². The number of alkyl halides is 3. The molecule has 0 aliphatic heterocycles. The van der Waals surface area contributed by atoms with Gasteiger partial charge in [-0.2, -0.15) is 13.2 Å². The molecule has 0 bridgehead atoms. The van der Waals surface area contributed by atoms with Crippen molar-refractivity contribution in [2.24, 2.45) is 5.92 Å². The lowest BCUT2D eigenvalue weighted by Gasteiger charge is -2.31. The number of aldehydes is 1. The Morgan fingerprint density at radius 1 is 1.54 bits per heavy atom. The van der Waals surface area contributed by atoms with Crippen LogP contribution in [0.1, 0.15) is 25.7 Å². The van der Waals surface area contributed by atoms with Crippen LogP contribution < -0.4 is 0 Å². The molecule has 0 amide bonds. The van der Waals surface area contributed by atoms with Gasteiger partial charge in [-0.3, -0.25) is 0 Å². The summed E-state index contributed by atoms with van der Waals surface area (Å²) in [6.07, 6.45) is -4.07. The van der Waals surface area contributed by atoms with Gasteiger partial charge >= 0.3 is 6.18 Å². The van der Waals surface area contributed by atoms with Crippen molar-refractivity contribution < 1.29 is 23.1 Å². The highest BCUT2D eigenvalue weighted by molar-refractivity contribution is 5.50. The maximum Gasteiger partial charge on any atom is 0.417 e. The van der Waals surface area contributed by atoms with E-state index in [4.69, 9.17) is 0 Å². The minimum absolute atomic E-state index is 0.212. The maximum absolute atomic E-state index is 12.4. The molecule has 76 valence electrons. The van der Waals surface area contributed by atoms with Gasteiger partial charge in [0.25, 0.3) is 0 Å².